The van der Waals surface area contributed by atoms with E-state index in [2.05, 4.69) is 10.3 Å². The number of alkyl halides is 3. The third-order valence-corrected chi connectivity index (χ3v) is 2.50. The van der Waals surface area contributed by atoms with Gasteiger partial charge in [0, 0.05) is 18.3 Å². The summed E-state index contributed by atoms with van der Waals surface area (Å²) in [5.41, 5.74) is 4.21. The number of hydrogen-bond donors (Lipinski definition) is 2. The van der Waals surface area contributed by atoms with Crippen LogP contribution in [0.1, 0.15) is 17.1 Å². The number of nitrogens with one attached hydrogen (secondary N) is 1. The Labute approximate surface area is 93.7 Å². The molecule has 1 aromatic heterocycles. The first-order chi connectivity index (χ1) is 7.43. The van der Waals surface area contributed by atoms with Crippen LogP contribution in [-0.2, 0) is 17.5 Å². The van der Waals surface area contributed by atoms with Crippen LogP contribution in [0.25, 0.3) is 0 Å². The lowest BCUT2D eigenvalue weighted by Crippen LogP contribution is -2.25. The van der Waals surface area contributed by atoms with Gasteiger partial charge in [-0.15, -0.1) is 11.3 Å². The minimum absolute atomic E-state index is 0.000417. The molecule has 1 rings (SSSR count). The highest BCUT2D eigenvalue weighted by molar-refractivity contribution is 7.09. The monoisotopic (exact) mass is 253 g/mol. The minimum atomic E-state index is -4.43. The number of nitrogens with zero attached hydrogens (tertiary/aromatic N) is 1. The van der Waals surface area contributed by atoms with Crippen LogP contribution in [0, 0.1) is 0 Å². The molecular formula is C8H10F3N3OS. The number of carbonyl (C=O) groups excluding carboxylic acids is 1. The van der Waals surface area contributed by atoms with Crippen LogP contribution in [0.15, 0.2) is 5.38 Å². The van der Waals surface area contributed by atoms with Crippen molar-refractivity contribution >= 4 is 17.2 Å². The van der Waals surface area contributed by atoms with Gasteiger partial charge < -0.3 is 11.1 Å². The molecule has 4 nitrogen and oxygen atoms in total. The molecule has 0 aliphatic rings. The number of thiazole rings is 1. The molecule has 0 aliphatic heterocycles. The zero-order valence-electron chi connectivity index (χ0n) is 8.17. The zero-order chi connectivity index (χ0) is 12.2. The molecule has 1 amide bonds. The lowest BCUT2D eigenvalue weighted by molar-refractivity contribution is -0.140. The predicted molar refractivity (Wildman–Crippen MR) is 52.6 cm³/mol. The Hall–Kier alpha value is -1.15. The molecule has 0 spiro atoms. The first kappa shape index (κ1) is 12.9. The van der Waals surface area contributed by atoms with E-state index < -0.39 is 11.9 Å². The number of carbonyl (C=O) groups is 1. The van der Waals surface area contributed by atoms with Crippen molar-refractivity contribution in [1.82, 2.24) is 10.3 Å². The van der Waals surface area contributed by atoms with Gasteiger partial charge in [0.25, 0.3) is 0 Å². The van der Waals surface area contributed by atoms with E-state index in [0.29, 0.717) is 0 Å². The van der Waals surface area contributed by atoms with Gasteiger partial charge in [-0.2, -0.15) is 13.2 Å². The van der Waals surface area contributed by atoms with Crippen molar-refractivity contribution in [3.63, 3.8) is 0 Å². The number of hydrogen-bond acceptors (Lipinski definition) is 4. The fourth-order valence-electron chi connectivity index (χ4n) is 0.916. The predicted octanol–water partition coefficient (Wildman–Crippen LogP) is 1.13. The van der Waals surface area contributed by atoms with Gasteiger partial charge in [-0.3, -0.25) is 4.79 Å². The lowest BCUT2D eigenvalue weighted by Gasteiger charge is -2.01. The number of rotatable bonds is 4. The molecule has 16 heavy (non-hydrogen) atoms. The van der Waals surface area contributed by atoms with Gasteiger partial charge in [0.15, 0.2) is 5.69 Å². The summed E-state index contributed by atoms with van der Waals surface area (Å²) in [6.07, 6.45) is -4.28. The Morgan fingerprint density at radius 3 is 2.75 bits per heavy atom. The van der Waals surface area contributed by atoms with Crippen LogP contribution in [0.5, 0.6) is 0 Å². The van der Waals surface area contributed by atoms with Gasteiger partial charge in [-0.25, -0.2) is 4.98 Å². The van der Waals surface area contributed by atoms with Crippen LogP contribution in [0.2, 0.25) is 0 Å². The van der Waals surface area contributed by atoms with Gasteiger partial charge in [-0.05, 0) is 0 Å². The molecule has 0 unspecified atom stereocenters. The summed E-state index contributed by atoms with van der Waals surface area (Å²) < 4.78 is 36.5. The molecule has 0 radical (unpaired) electrons. The molecule has 90 valence electrons. The fourth-order valence-corrected chi connectivity index (χ4v) is 1.66. The molecule has 0 saturated heterocycles. The summed E-state index contributed by atoms with van der Waals surface area (Å²) in [6.45, 7) is 0.205. The van der Waals surface area contributed by atoms with E-state index in [4.69, 9.17) is 5.73 Å². The van der Waals surface area contributed by atoms with E-state index in [1.165, 1.54) is 0 Å². The minimum Gasteiger partial charge on any atom is -0.350 e. The van der Waals surface area contributed by atoms with Crippen molar-refractivity contribution in [2.24, 2.45) is 5.73 Å². The average molecular weight is 253 g/mol. The SMILES string of the molecule is NCCC(=O)NCc1nc(C(F)(F)F)cs1. The van der Waals surface area contributed by atoms with Crippen LogP contribution in [0.4, 0.5) is 13.2 Å². The topological polar surface area (TPSA) is 68.0 Å². The number of aromatic nitrogens is 1. The Kier molecular flexibility index (Phi) is 4.25. The molecule has 1 aromatic rings. The summed E-state index contributed by atoms with van der Waals surface area (Å²) in [7, 11) is 0. The maximum Gasteiger partial charge on any atom is 0.434 e. The second kappa shape index (κ2) is 5.26. The van der Waals surface area contributed by atoms with Crippen molar-refractivity contribution in [2.75, 3.05) is 6.54 Å². The first-order valence-corrected chi connectivity index (χ1v) is 5.30. The largest absolute Gasteiger partial charge is 0.434 e. The molecule has 0 aromatic carbocycles. The molecule has 3 N–H and O–H groups in total. The first-order valence-electron chi connectivity index (χ1n) is 4.42. The highest BCUT2D eigenvalue weighted by atomic mass is 32.1. The smallest absolute Gasteiger partial charge is 0.350 e. The number of halogens is 3. The van der Waals surface area contributed by atoms with Crippen LogP contribution >= 0.6 is 11.3 Å². The van der Waals surface area contributed by atoms with E-state index in [-0.39, 0.29) is 30.4 Å². The van der Waals surface area contributed by atoms with Crippen LogP contribution in [-0.4, -0.2) is 17.4 Å². The molecule has 0 bridgehead atoms. The Bertz CT molecular complexity index is 364. The summed E-state index contributed by atoms with van der Waals surface area (Å²) >= 11 is 0.859. The third-order valence-electron chi connectivity index (χ3n) is 1.65. The Morgan fingerprint density at radius 1 is 1.56 bits per heavy atom. The average Bonchev–Trinajstić information content (AvgIpc) is 2.63. The second-order valence-corrected chi connectivity index (χ2v) is 3.88. The van der Waals surface area contributed by atoms with E-state index >= 15 is 0 Å². The maximum absolute atomic E-state index is 12.2. The van der Waals surface area contributed by atoms with E-state index in [1.807, 2.05) is 0 Å². The van der Waals surface area contributed by atoms with Gasteiger partial charge in [-0.1, -0.05) is 0 Å². The third kappa shape index (κ3) is 3.78. The van der Waals surface area contributed by atoms with Gasteiger partial charge in [0.2, 0.25) is 5.91 Å². The highest BCUT2D eigenvalue weighted by Crippen LogP contribution is 2.29. The normalized spacial score (nSPS) is 11.5. The van der Waals surface area contributed by atoms with Gasteiger partial charge in [0.05, 0.1) is 6.54 Å². The molecule has 1 heterocycles. The van der Waals surface area contributed by atoms with Crippen molar-refractivity contribution in [2.45, 2.75) is 19.1 Å². The quantitative estimate of drug-likeness (QED) is 0.845. The zero-order valence-corrected chi connectivity index (χ0v) is 8.99. The molecule has 0 fully saturated rings. The van der Waals surface area contributed by atoms with E-state index in [9.17, 15) is 18.0 Å². The van der Waals surface area contributed by atoms with Crippen molar-refractivity contribution in [3.05, 3.63) is 16.1 Å². The van der Waals surface area contributed by atoms with Crippen molar-refractivity contribution < 1.29 is 18.0 Å². The van der Waals surface area contributed by atoms with E-state index in [0.717, 1.165) is 16.7 Å². The molecule has 8 heteroatoms. The standard InChI is InChI=1S/C8H10F3N3OS/c9-8(10,11)5-4-16-7(14-5)3-13-6(15)1-2-12/h4H,1-3,12H2,(H,13,15). The van der Waals surface area contributed by atoms with Gasteiger partial charge >= 0.3 is 6.18 Å². The molecular weight excluding hydrogens is 243 g/mol. The summed E-state index contributed by atoms with van der Waals surface area (Å²) in [6, 6.07) is 0. The van der Waals surface area contributed by atoms with Crippen molar-refractivity contribution in [3.8, 4) is 0 Å². The number of nitrogens with two attached hydrogens (primary N) is 1. The molecule has 0 aliphatic carbocycles. The lowest BCUT2D eigenvalue weighted by atomic mass is 10.4. The van der Waals surface area contributed by atoms with Crippen molar-refractivity contribution in [1.29, 1.82) is 0 Å². The summed E-state index contributed by atoms with van der Waals surface area (Å²) in [4.78, 5) is 14.3. The Balaban J connectivity index is 2.50. The maximum atomic E-state index is 12.2. The van der Waals surface area contributed by atoms with Crippen LogP contribution < -0.4 is 11.1 Å². The highest BCUT2D eigenvalue weighted by Gasteiger charge is 2.33. The fraction of sp³-hybridized carbons (Fsp3) is 0.500. The second-order valence-electron chi connectivity index (χ2n) is 2.94. The molecule has 0 atom stereocenters. The number of amides is 1. The van der Waals surface area contributed by atoms with Gasteiger partial charge in [0.1, 0.15) is 5.01 Å². The molecule has 0 saturated carbocycles. The summed E-state index contributed by atoms with van der Waals surface area (Å²) in [5.74, 6) is -0.300. The Morgan fingerprint density at radius 2 is 2.25 bits per heavy atom. The van der Waals surface area contributed by atoms with Crippen LogP contribution in [0.3, 0.4) is 0 Å². The van der Waals surface area contributed by atoms with E-state index in [1.54, 1.807) is 0 Å². The summed E-state index contributed by atoms with van der Waals surface area (Å²) in [5, 5.41) is 3.57.